The number of aromatic nitrogens is 2. The van der Waals surface area contributed by atoms with Crippen molar-refractivity contribution in [3.05, 3.63) is 35.2 Å². The molecule has 0 atom stereocenters. The number of thiazole rings is 1. The Bertz CT molecular complexity index is 1060. The van der Waals surface area contributed by atoms with Gasteiger partial charge in [0, 0.05) is 30.3 Å². The summed E-state index contributed by atoms with van der Waals surface area (Å²) in [6.07, 6.45) is 3.98. The summed E-state index contributed by atoms with van der Waals surface area (Å²) in [5.74, 6) is 0.855. The second-order valence-electron chi connectivity index (χ2n) is 7.70. The van der Waals surface area contributed by atoms with Gasteiger partial charge in [-0.2, -0.15) is 0 Å². The van der Waals surface area contributed by atoms with Crippen LogP contribution >= 0.6 is 11.3 Å². The minimum Gasteiger partial charge on any atom is -0.485 e. The van der Waals surface area contributed by atoms with E-state index in [4.69, 9.17) is 24.1 Å². The topological polar surface area (TPSA) is 118 Å². The summed E-state index contributed by atoms with van der Waals surface area (Å²) < 4.78 is 16.5. The standard InChI is InChI=1S/C21H25N3O6S/c1-21(2,3)30-20(27)24(4)19-22-10-15(31-19)6-8-18-23-16-7-5-13(9-17(16)29-18)28-14(11-25)12-26/h5-10,14,25-26H,11-12H2,1-4H3/b8-6+. The normalized spacial score (nSPS) is 12.1. The molecule has 1 aromatic carbocycles. The Balaban J connectivity index is 1.70. The van der Waals surface area contributed by atoms with Crippen LogP contribution in [0.4, 0.5) is 9.93 Å². The van der Waals surface area contributed by atoms with E-state index >= 15 is 0 Å². The maximum atomic E-state index is 12.2. The zero-order valence-corrected chi connectivity index (χ0v) is 18.5. The first-order valence-corrected chi connectivity index (χ1v) is 10.4. The molecule has 2 N–H and O–H groups in total. The number of rotatable bonds is 7. The lowest BCUT2D eigenvalue weighted by atomic mass is 10.2. The third kappa shape index (κ3) is 6.03. The quantitative estimate of drug-likeness (QED) is 0.564. The van der Waals surface area contributed by atoms with E-state index in [1.54, 1.807) is 43.6 Å². The van der Waals surface area contributed by atoms with Crippen molar-refractivity contribution in [1.82, 2.24) is 9.97 Å². The number of fused-ring (bicyclic) bond motifs is 1. The van der Waals surface area contributed by atoms with Crippen LogP contribution in [0.15, 0.2) is 28.8 Å². The molecule has 0 aliphatic heterocycles. The highest BCUT2D eigenvalue weighted by Gasteiger charge is 2.22. The lowest BCUT2D eigenvalue weighted by Gasteiger charge is -2.23. The molecule has 10 heteroatoms. The van der Waals surface area contributed by atoms with Crippen molar-refractivity contribution in [2.45, 2.75) is 32.5 Å². The second kappa shape index (κ2) is 9.46. The second-order valence-corrected chi connectivity index (χ2v) is 8.75. The van der Waals surface area contributed by atoms with Crippen molar-refractivity contribution < 1.29 is 28.9 Å². The third-order valence-electron chi connectivity index (χ3n) is 3.94. The Labute approximate surface area is 183 Å². The van der Waals surface area contributed by atoms with Crippen molar-refractivity contribution in [2.24, 2.45) is 0 Å². The maximum Gasteiger partial charge on any atom is 0.416 e. The van der Waals surface area contributed by atoms with E-state index in [-0.39, 0.29) is 13.2 Å². The number of aliphatic hydroxyl groups excluding tert-OH is 2. The van der Waals surface area contributed by atoms with E-state index in [1.807, 2.05) is 20.8 Å². The Morgan fingerprint density at radius 2 is 2.03 bits per heavy atom. The van der Waals surface area contributed by atoms with Gasteiger partial charge in [0.05, 0.1) is 13.2 Å². The van der Waals surface area contributed by atoms with Crippen LogP contribution in [-0.4, -0.2) is 58.2 Å². The number of ether oxygens (including phenoxy) is 2. The van der Waals surface area contributed by atoms with Gasteiger partial charge in [-0.15, -0.1) is 0 Å². The Kier molecular flexibility index (Phi) is 6.94. The zero-order valence-electron chi connectivity index (χ0n) is 17.7. The number of amides is 1. The molecule has 0 aliphatic rings. The largest absolute Gasteiger partial charge is 0.485 e. The van der Waals surface area contributed by atoms with Crippen molar-refractivity contribution in [3.8, 4) is 5.75 Å². The van der Waals surface area contributed by atoms with Crippen molar-refractivity contribution >= 4 is 45.8 Å². The summed E-state index contributed by atoms with van der Waals surface area (Å²) in [5, 5.41) is 18.8. The number of nitrogens with zero attached hydrogens (tertiary/aromatic N) is 3. The van der Waals surface area contributed by atoms with Gasteiger partial charge in [0.15, 0.2) is 10.7 Å². The first-order chi connectivity index (χ1) is 14.7. The minimum absolute atomic E-state index is 0.293. The molecular weight excluding hydrogens is 422 g/mol. The van der Waals surface area contributed by atoms with Gasteiger partial charge in [0.2, 0.25) is 5.89 Å². The van der Waals surface area contributed by atoms with Gasteiger partial charge in [0.1, 0.15) is 23.0 Å². The van der Waals surface area contributed by atoms with Gasteiger partial charge >= 0.3 is 6.09 Å². The number of oxazole rings is 1. The van der Waals surface area contributed by atoms with Gasteiger partial charge in [-0.05, 0) is 39.0 Å². The number of hydrogen-bond acceptors (Lipinski definition) is 9. The van der Waals surface area contributed by atoms with E-state index in [0.717, 1.165) is 4.88 Å². The van der Waals surface area contributed by atoms with Crippen LogP contribution in [0.1, 0.15) is 31.5 Å². The number of benzene rings is 1. The van der Waals surface area contributed by atoms with Crippen LogP contribution in [0.3, 0.4) is 0 Å². The first kappa shape index (κ1) is 22.7. The maximum absolute atomic E-state index is 12.2. The summed E-state index contributed by atoms with van der Waals surface area (Å²) >= 11 is 1.33. The molecule has 1 amide bonds. The fourth-order valence-electron chi connectivity index (χ4n) is 2.46. The van der Waals surface area contributed by atoms with Crippen LogP contribution in [0.5, 0.6) is 5.75 Å². The molecule has 0 saturated carbocycles. The smallest absolute Gasteiger partial charge is 0.416 e. The fraction of sp³-hybridized carbons (Fsp3) is 0.381. The van der Waals surface area contributed by atoms with Gasteiger partial charge in [-0.3, -0.25) is 4.90 Å². The van der Waals surface area contributed by atoms with Gasteiger partial charge in [0.25, 0.3) is 0 Å². The fourth-order valence-corrected chi connectivity index (χ4v) is 3.23. The number of anilines is 1. The molecule has 2 aromatic heterocycles. The minimum atomic E-state index is -0.695. The molecule has 0 spiro atoms. The number of carbonyl (C=O) groups is 1. The molecule has 9 nitrogen and oxygen atoms in total. The van der Waals surface area contributed by atoms with Crippen molar-refractivity contribution in [3.63, 3.8) is 0 Å². The molecular formula is C21H25N3O6S. The molecule has 0 saturated heterocycles. The van der Waals surface area contributed by atoms with Crippen LogP contribution < -0.4 is 9.64 Å². The molecule has 0 fully saturated rings. The number of hydrogen-bond donors (Lipinski definition) is 2. The number of aliphatic hydroxyl groups is 2. The van der Waals surface area contributed by atoms with E-state index in [0.29, 0.717) is 27.9 Å². The van der Waals surface area contributed by atoms with Gasteiger partial charge in [-0.1, -0.05) is 11.3 Å². The van der Waals surface area contributed by atoms with Crippen LogP contribution in [0.25, 0.3) is 23.3 Å². The molecule has 31 heavy (non-hydrogen) atoms. The highest BCUT2D eigenvalue weighted by Crippen LogP contribution is 2.26. The molecule has 0 unspecified atom stereocenters. The molecule has 3 aromatic rings. The van der Waals surface area contributed by atoms with Crippen LogP contribution in [-0.2, 0) is 4.74 Å². The van der Waals surface area contributed by atoms with Crippen molar-refractivity contribution in [1.29, 1.82) is 0 Å². The summed E-state index contributed by atoms with van der Waals surface area (Å²) in [5.41, 5.74) is 0.577. The summed E-state index contributed by atoms with van der Waals surface area (Å²) in [7, 11) is 1.61. The van der Waals surface area contributed by atoms with Gasteiger partial charge in [-0.25, -0.2) is 14.8 Å². The molecule has 3 rings (SSSR count). The molecule has 2 heterocycles. The van der Waals surface area contributed by atoms with Gasteiger partial charge < -0.3 is 24.1 Å². The predicted molar refractivity (Wildman–Crippen MR) is 118 cm³/mol. The summed E-state index contributed by atoms with van der Waals surface area (Å²) in [6, 6.07) is 5.08. The predicted octanol–water partition coefficient (Wildman–Crippen LogP) is 3.56. The number of carbonyl (C=O) groups excluding carboxylic acids is 1. The molecule has 0 aliphatic carbocycles. The Hall–Kier alpha value is -2.95. The van der Waals surface area contributed by atoms with Crippen LogP contribution in [0, 0.1) is 0 Å². The first-order valence-electron chi connectivity index (χ1n) is 9.58. The molecule has 0 bridgehead atoms. The average molecular weight is 448 g/mol. The Morgan fingerprint density at radius 3 is 2.71 bits per heavy atom. The SMILES string of the molecule is CN(C(=O)OC(C)(C)C)c1ncc(/C=C/c2nc3ccc(OC(CO)CO)cc3o2)s1. The lowest BCUT2D eigenvalue weighted by molar-refractivity contribution is 0.0589. The van der Waals surface area contributed by atoms with E-state index < -0.39 is 17.8 Å². The van der Waals surface area contributed by atoms with Crippen LogP contribution in [0.2, 0.25) is 0 Å². The average Bonchev–Trinajstić information content (AvgIpc) is 3.34. The highest BCUT2D eigenvalue weighted by molar-refractivity contribution is 7.16. The molecule has 166 valence electrons. The molecule has 0 radical (unpaired) electrons. The zero-order chi connectivity index (χ0) is 22.6. The lowest BCUT2D eigenvalue weighted by Crippen LogP contribution is -2.34. The Morgan fingerprint density at radius 1 is 1.29 bits per heavy atom. The third-order valence-corrected chi connectivity index (χ3v) is 4.98. The summed E-state index contributed by atoms with van der Waals surface area (Å²) in [6.45, 7) is 4.84. The monoisotopic (exact) mass is 447 g/mol. The van der Waals surface area contributed by atoms with E-state index in [2.05, 4.69) is 9.97 Å². The summed E-state index contributed by atoms with van der Waals surface area (Å²) in [4.78, 5) is 23.0. The van der Waals surface area contributed by atoms with E-state index in [1.165, 1.54) is 16.2 Å². The van der Waals surface area contributed by atoms with E-state index in [9.17, 15) is 4.79 Å². The highest BCUT2D eigenvalue weighted by atomic mass is 32.1. The van der Waals surface area contributed by atoms with Crippen molar-refractivity contribution in [2.75, 3.05) is 25.2 Å².